The van der Waals surface area contributed by atoms with E-state index in [1.54, 1.807) is 0 Å². The zero-order valence-electron chi connectivity index (χ0n) is 12.4. The van der Waals surface area contributed by atoms with E-state index in [9.17, 15) is 0 Å². The van der Waals surface area contributed by atoms with Crippen molar-refractivity contribution in [1.82, 2.24) is 14.5 Å². The first kappa shape index (κ1) is 16.0. The fraction of sp³-hybridized carbons (Fsp3) is 0.533. The van der Waals surface area contributed by atoms with Gasteiger partial charge in [-0.25, -0.2) is 4.98 Å². The fourth-order valence-corrected chi connectivity index (χ4v) is 3.04. The highest BCUT2D eigenvalue weighted by Gasteiger charge is 2.19. The van der Waals surface area contributed by atoms with Gasteiger partial charge in [0.1, 0.15) is 5.82 Å². The predicted octanol–water partition coefficient (Wildman–Crippen LogP) is 4.45. The number of imidazole rings is 1. The van der Waals surface area contributed by atoms with Crippen LogP contribution >= 0.6 is 34.2 Å². The Kier molecular flexibility index (Phi) is 5.31. The van der Waals surface area contributed by atoms with E-state index in [-0.39, 0.29) is 5.38 Å². The summed E-state index contributed by atoms with van der Waals surface area (Å²) in [7, 11) is 4.21. The lowest BCUT2D eigenvalue weighted by molar-refractivity contribution is 0.357. The van der Waals surface area contributed by atoms with Crippen LogP contribution in [-0.2, 0) is 0 Å². The minimum atomic E-state index is -0.0816. The van der Waals surface area contributed by atoms with Crippen LogP contribution in [0.4, 0.5) is 0 Å². The molecule has 0 radical (unpaired) electrons. The molecule has 2 aromatic rings. The van der Waals surface area contributed by atoms with Crippen molar-refractivity contribution < 1.29 is 0 Å². The first-order valence-corrected chi connectivity index (χ1v) is 8.38. The lowest BCUT2D eigenvalue weighted by Gasteiger charge is -2.20. The summed E-state index contributed by atoms with van der Waals surface area (Å²) >= 11 is 8.65. The summed E-state index contributed by atoms with van der Waals surface area (Å²) in [6.45, 7) is 5.29. The molecule has 1 aromatic carbocycles. The van der Waals surface area contributed by atoms with Crippen LogP contribution < -0.4 is 0 Å². The number of alkyl halides is 1. The third-order valence-corrected chi connectivity index (χ3v) is 4.34. The van der Waals surface area contributed by atoms with Gasteiger partial charge in [0.2, 0.25) is 0 Å². The van der Waals surface area contributed by atoms with Gasteiger partial charge in [-0.3, -0.25) is 0 Å². The molecule has 0 amide bonds. The number of hydrogen-bond acceptors (Lipinski definition) is 2. The summed E-state index contributed by atoms with van der Waals surface area (Å²) in [5.74, 6) is 0.968. The van der Waals surface area contributed by atoms with Gasteiger partial charge in [-0.2, -0.15) is 0 Å². The highest BCUT2D eigenvalue weighted by Crippen LogP contribution is 2.30. The molecule has 0 bridgehead atoms. The van der Waals surface area contributed by atoms with Crippen LogP contribution in [0.15, 0.2) is 18.2 Å². The Bertz CT molecular complexity index is 592. The SMILES string of the molecule is CC(Cl)c1nc2cc(I)ccc2n1C(C)CCN(C)C. The van der Waals surface area contributed by atoms with Gasteiger partial charge >= 0.3 is 0 Å². The van der Waals surface area contributed by atoms with Gasteiger partial charge in [0, 0.05) is 9.61 Å². The standard InChI is InChI=1S/C15H21ClIN3/c1-10(7-8-19(3)4)20-14-6-5-12(17)9-13(14)18-15(20)11(2)16/h5-6,9-11H,7-8H2,1-4H3. The van der Waals surface area contributed by atoms with Gasteiger partial charge in [-0.05, 0) is 81.7 Å². The number of benzene rings is 1. The van der Waals surface area contributed by atoms with Crippen LogP contribution in [0.1, 0.15) is 37.5 Å². The average molecular weight is 406 g/mol. The van der Waals surface area contributed by atoms with E-state index < -0.39 is 0 Å². The second-order valence-corrected chi connectivity index (χ2v) is 7.43. The van der Waals surface area contributed by atoms with Gasteiger partial charge < -0.3 is 9.47 Å². The lowest BCUT2D eigenvalue weighted by Crippen LogP contribution is -2.18. The van der Waals surface area contributed by atoms with Crippen LogP contribution in [0.3, 0.4) is 0 Å². The maximum Gasteiger partial charge on any atom is 0.127 e. The summed E-state index contributed by atoms with van der Waals surface area (Å²) in [6, 6.07) is 6.79. The van der Waals surface area contributed by atoms with E-state index in [2.05, 4.69) is 71.3 Å². The molecule has 0 N–H and O–H groups in total. The molecule has 0 saturated heterocycles. The fourth-order valence-electron chi connectivity index (χ4n) is 2.41. The molecule has 110 valence electrons. The molecule has 0 spiro atoms. The van der Waals surface area contributed by atoms with Crippen molar-refractivity contribution in [3.8, 4) is 0 Å². The highest BCUT2D eigenvalue weighted by molar-refractivity contribution is 14.1. The largest absolute Gasteiger partial charge is 0.324 e. The molecular weight excluding hydrogens is 385 g/mol. The Morgan fingerprint density at radius 1 is 1.35 bits per heavy atom. The minimum absolute atomic E-state index is 0.0816. The van der Waals surface area contributed by atoms with E-state index in [1.165, 1.54) is 9.09 Å². The van der Waals surface area contributed by atoms with Crippen molar-refractivity contribution in [3.05, 3.63) is 27.6 Å². The van der Waals surface area contributed by atoms with Gasteiger partial charge in [0.25, 0.3) is 0 Å². The van der Waals surface area contributed by atoms with Gasteiger partial charge in [-0.15, -0.1) is 11.6 Å². The van der Waals surface area contributed by atoms with Gasteiger partial charge in [-0.1, -0.05) is 0 Å². The summed E-state index contributed by atoms with van der Waals surface area (Å²) in [5.41, 5.74) is 2.22. The summed E-state index contributed by atoms with van der Waals surface area (Å²) in [5, 5.41) is -0.0816. The Labute approximate surface area is 139 Å². The molecule has 1 aromatic heterocycles. The molecule has 3 nitrogen and oxygen atoms in total. The van der Waals surface area contributed by atoms with Crippen molar-refractivity contribution in [2.75, 3.05) is 20.6 Å². The van der Waals surface area contributed by atoms with Crippen LogP contribution in [0.25, 0.3) is 11.0 Å². The summed E-state index contributed by atoms with van der Waals surface area (Å²) < 4.78 is 3.50. The van der Waals surface area contributed by atoms with Gasteiger partial charge in [0.15, 0.2) is 0 Å². The summed E-state index contributed by atoms with van der Waals surface area (Å²) in [4.78, 5) is 6.94. The van der Waals surface area contributed by atoms with Crippen molar-refractivity contribution in [3.63, 3.8) is 0 Å². The Balaban J connectivity index is 2.45. The molecule has 0 aliphatic heterocycles. The second kappa shape index (κ2) is 6.62. The minimum Gasteiger partial charge on any atom is -0.324 e. The molecule has 0 fully saturated rings. The second-order valence-electron chi connectivity index (χ2n) is 5.53. The molecule has 5 heteroatoms. The molecule has 0 aliphatic rings. The normalized spacial score (nSPS) is 14.9. The van der Waals surface area contributed by atoms with Crippen molar-refractivity contribution in [1.29, 1.82) is 0 Å². The lowest BCUT2D eigenvalue weighted by atomic mass is 10.2. The van der Waals surface area contributed by atoms with Crippen LogP contribution in [0, 0.1) is 3.57 Å². The highest BCUT2D eigenvalue weighted by atomic mass is 127. The number of aromatic nitrogens is 2. The third kappa shape index (κ3) is 3.46. The summed E-state index contributed by atoms with van der Waals surface area (Å²) in [6.07, 6.45) is 1.08. The van der Waals surface area contributed by atoms with Crippen molar-refractivity contribution in [2.45, 2.75) is 31.7 Å². The van der Waals surface area contributed by atoms with E-state index in [0.29, 0.717) is 6.04 Å². The van der Waals surface area contributed by atoms with Crippen LogP contribution in [-0.4, -0.2) is 35.1 Å². The zero-order chi connectivity index (χ0) is 14.9. The smallest absolute Gasteiger partial charge is 0.127 e. The van der Waals surface area contributed by atoms with Gasteiger partial charge in [0.05, 0.1) is 16.4 Å². The maximum absolute atomic E-state index is 6.33. The first-order chi connectivity index (χ1) is 9.40. The maximum atomic E-state index is 6.33. The molecule has 2 atom stereocenters. The molecular formula is C15H21ClIN3. The van der Waals surface area contributed by atoms with E-state index in [0.717, 1.165) is 24.3 Å². The monoisotopic (exact) mass is 405 g/mol. The predicted molar refractivity (Wildman–Crippen MR) is 94.6 cm³/mol. The van der Waals surface area contributed by atoms with Crippen LogP contribution in [0.5, 0.6) is 0 Å². The average Bonchev–Trinajstić information content (AvgIpc) is 2.74. The van der Waals surface area contributed by atoms with E-state index in [4.69, 9.17) is 16.6 Å². The third-order valence-electron chi connectivity index (χ3n) is 3.47. The Morgan fingerprint density at radius 2 is 2.05 bits per heavy atom. The molecule has 20 heavy (non-hydrogen) atoms. The molecule has 1 heterocycles. The van der Waals surface area contributed by atoms with Crippen molar-refractivity contribution in [2.24, 2.45) is 0 Å². The zero-order valence-corrected chi connectivity index (χ0v) is 15.3. The molecule has 0 aliphatic carbocycles. The number of halogens is 2. The quantitative estimate of drug-likeness (QED) is 0.541. The first-order valence-electron chi connectivity index (χ1n) is 6.86. The Morgan fingerprint density at radius 3 is 2.65 bits per heavy atom. The number of hydrogen-bond donors (Lipinski definition) is 0. The number of rotatable bonds is 5. The molecule has 0 saturated carbocycles. The van der Waals surface area contributed by atoms with E-state index in [1.807, 2.05) is 6.92 Å². The van der Waals surface area contributed by atoms with Crippen LogP contribution in [0.2, 0.25) is 0 Å². The number of nitrogens with zero attached hydrogens (tertiary/aromatic N) is 3. The topological polar surface area (TPSA) is 21.1 Å². The van der Waals surface area contributed by atoms with Crippen molar-refractivity contribution >= 4 is 45.2 Å². The van der Waals surface area contributed by atoms with E-state index >= 15 is 0 Å². The molecule has 2 rings (SSSR count). The molecule has 2 unspecified atom stereocenters. The Hall–Kier alpha value is -0.330. The number of fused-ring (bicyclic) bond motifs is 1.